The highest BCUT2D eigenvalue weighted by Gasteiger charge is 2.18. The molecule has 0 aliphatic heterocycles. The number of nitrogens with zero attached hydrogens (tertiary/aromatic N) is 2. The lowest BCUT2D eigenvalue weighted by molar-refractivity contribution is 0.0519. The van der Waals surface area contributed by atoms with Crippen molar-refractivity contribution in [3.8, 4) is 22.8 Å². The van der Waals surface area contributed by atoms with E-state index in [0.29, 0.717) is 22.2 Å². The zero-order valence-corrected chi connectivity index (χ0v) is 20.0. The number of pyridine rings is 1. The highest BCUT2D eigenvalue weighted by molar-refractivity contribution is 6.31. The van der Waals surface area contributed by atoms with Gasteiger partial charge in [0.1, 0.15) is 24.0 Å². The number of halogens is 3. The lowest BCUT2D eigenvalue weighted by Crippen LogP contribution is -2.10. The van der Waals surface area contributed by atoms with Gasteiger partial charge in [-0.1, -0.05) is 35.3 Å². The molecule has 0 aliphatic carbocycles. The van der Waals surface area contributed by atoms with Gasteiger partial charge in [-0.3, -0.25) is 4.57 Å². The molecule has 0 radical (unpaired) electrons. The van der Waals surface area contributed by atoms with Crippen LogP contribution in [0.25, 0.3) is 17.1 Å². The van der Waals surface area contributed by atoms with E-state index < -0.39 is 11.8 Å². The standard InChI is InChI=1S/C26H21Cl2FN2O3/c1-3-33-26(32)22-8-5-9-25(30-22)31-16(2)10-12-23(31)18-14-17(27)11-13-24(18)34-15-19-20(28)6-4-7-21(19)29/h4-14H,3,15H2,1-2H3. The van der Waals surface area contributed by atoms with Gasteiger partial charge in [0.05, 0.1) is 17.3 Å². The van der Waals surface area contributed by atoms with E-state index in [4.69, 9.17) is 32.7 Å². The normalized spacial score (nSPS) is 10.9. The Bertz CT molecular complexity index is 1330. The van der Waals surface area contributed by atoms with Gasteiger partial charge in [0.15, 0.2) is 5.69 Å². The van der Waals surface area contributed by atoms with Gasteiger partial charge in [-0.25, -0.2) is 14.2 Å². The van der Waals surface area contributed by atoms with E-state index in [1.54, 1.807) is 55.5 Å². The first-order chi connectivity index (χ1) is 16.4. The molecule has 34 heavy (non-hydrogen) atoms. The van der Waals surface area contributed by atoms with E-state index in [2.05, 4.69) is 4.98 Å². The van der Waals surface area contributed by atoms with E-state index in [9.17, 15) is 9.18 Å². The number of esters is 1. The summed E-state index contributed by atoms with van der Waals surface area (Å²) in [6.45, 7) is 3.86. The van der Waals surface area contributed by atoms with Crippen molar-refractivity contribution in [3.05, 3.63) is 99.5 Å². The molecule has 174 valence electrons. The first kappa shape index (κ1) is 23.8. The number of carbonyl (C=O) groups excluding carboxylic acids is 1. The van der Waals surface area contributed by atoms with Gasteiger partial charge >= 0.3 is 5.97 Å². The summed E-state index contributed by atoms with van der Waals surface area (Å²) in [6.07, 6.45) is 0. The Morgan fingerprint density at radius 3 is 2.62 bits per heavy atom. The van der Waals surface area contributed by atoms with Crippen LogP contribution < -0.4 is 4.74 Å². The molecule has 0 fully saturated rings. The smallest absolute Gasteiger partial charge is 0.356 e. The molecule has 0 bridgehead atoms. The first-order valence-electron chi connectivity index (χ1n) is 10.6. The van der Waals surface area contributed by atoms with Gasteiger partial charge in [-0.15, -0.1) is 0 Å². The Morgan fingerprint density at radius 1 is 1.06 bits per heavy atom. The van der Waals surface area contributed by atoms with Gasteiger partial charge in [-0.05, 0) is 68.4 Å². The van der Waals surface area contributed by atoms with Crippen molar-refractivity contribution in [2.24, 2.45) is 0 Å². The molecule has 2 aromatic heterocycles. The van der Waals surface area contributed by atoms with E-state index in [-0.39, 0.29) is 29.5 Å². The summed E-state index contributed by atoms with van der Waals surface area (Å²) in [4.78, 5) is 16.7. The number of carbonyl (C=O) groups is 1. The van der Waals surface area contributed by atoms with E-state index >= 15 is 0 Å². The number of hydrogen-bond acceptors (Lipinski definition) is 4. The molecule has 0 N–H and O–H groups in total. The molecule has 2 heterocycles. The first-order valence-corrected chi connectivity index (χ1v) is 11.3. The van der Waals surface area contributed by atoms with Crippen molar-refractivity contribution in [1.82, 2.24) is 9.55 Å². The Hall–Kier alpha value is -3.35. The summed E-state index contributed by atoms with van der Waals surface area (Å²) < 4.78 is 27.2. The zero-order valence-electron chi connectivity index (χ0n) is 18.5. The molecule has 4 aromatic rings. The Labute approximate surface area is 206 Å². The number of benzene rings is 2. The van der Waals surface area contributed by atoms with Crippen molar-refractivity contribution in [1.29, 1.82) is 0 Å². The molecule has 0 aliphatic rings. The summed E-state index contributed by atoms with van der Waals surface area (Å²) in [6, 6.07) is 18.7. The maximum atomic E-state index is 14.3. The minimum absolute atomic E-state index is 0.0591. The fraction of sp³-hybridized carbons (Fsp3) is 0.154. The fourth-order valence-electron chi connectivity index (χ4n) is 3.57. The summed E-state index contributed by atoms with van der Waals surface area (Å²) in [5.74, 6) is 0.0854. The molecular formula is C26H21Cl2FN2O3. The molecule has 2 aromatic carbocycles. The second-order valence-corrected chi connectivity index (χ2v) is 8.27. The lowest BCUT2D eigenvalue weighted by Gasteiger charge is -2.16. The van der Waals surface area contributed by atoms with E-state index in [0.717, 1.165) is 11.4 Å². The van der Waals surface area contributed by atoms with Crippen LogP contribution >= 0.6 is 23.2 Å². The molecule has 0 saturated heterocycles. The van der Waals surface area contributed by atoms with Gasteiger partial charge < -0.3 is 9.47 Å². The Kier molecular flexibility index (Phi) is 7.20. The molecule has 8 heteroatoms. The third-order valence-corrected chi connectivity index (χ3v) is 5.76. The van der Waals surface area contributed by atoms with Crippen LogP contribution in [0.3, 0.4) is 0 Å². The lowest BCUT2D eigenvalue weighted by atomic mass is 10.1. The minimum Gasteiger partial charge on any atom is -0.488 e. The SMILES string of the molecule is CCOC(=O)c1cccc(-n2c(C)ccc2-c2cc(Cl)ccc2OCc2c(F)cccc2Cl)n1. The second-order valence-electron chi connectivity index (χ2n) is 7.43. The zero-order chi connectivity index (χ0) is 24.2. The molecule has 0 saturated carbocycles. The monoisotopic (exact) mass is 498 g/mol. The number of aryl methyl sites for hydroxylation is 1. The quantitative estimate of drug-likeness (QED) is 0.256. The molecule has 0 spiro atoms. The van der Waals surface area contributed by atoms with Crippen LogP contribution in [0.5, 0.6) is 5.75 Å². The Morgan fingerprint density at radius 2 is 1.85 bits per heavy atom. The van der Waals surface area contributed by atoms with Crippen LogP contribution in [-0.4, -0.2) is 22.1 Å². The average molecular weight is 499 g/mol. The van der Waals surface area contributed by atoms with Crippen molar-refractivity contribution < 1.29 is 18.7 Å². The maximum Gasteiger partial charge on any atom is 0.356 e. The highest BCUT2D eigenvalue weighted by Crippen LogP contribution is 2.36. The summed E-state index contributed by atoms with van der Waals surface area (Å²) in [5, 5.41) is 0.791. The van der Waals surface area contributed by atoms with Gasteiger partial charge in [-0.2, -0.15) is 0 Å². The third-order valence-electron chi connectivity index (χ3n) is 5.18. The average Bonchev–Trinajstić information content (AvgIpc) is 3.21. The van der Waals surface area contributed by atoms with Crippen LogP contribution in [0, 0.1) is 12.7 Å². The molecule has 0 atom stereocenters. The van der Waals surface area contributed by atoms with E-state index in [1.807, 2.05) is 23.6 Å². The van der Waals surface area contributed by atoms with Crippen molar-refractivity contribution in [3.63, 3.8) is 0 Å². The number of ether oxygens (including phenoxy) is 2. The van der Waals surface area contributed by atoms with Gasteiger partial charge in [0.2, 0.25) is 0 Å². The number of hydrogen-bond donors (Lipinski definition) is 0. The van der Waals surface area contributed by atoms with E-state index in [1.165, 1.54) is 6.07 Å². The van der Waals surface area contributed by atoms with Crippen LogP contribution in [-0.2, 0) is 11.3 Å². The number of aromatic nitrogens is 2. The predicted octanol–water partition coefficient (Wildman–Crippen LogP) is 7.05. The number of rotatable bonds is 7. The van der Waals surface area contributed by atoms with Crippen LogP contribution in [0.4, 0.5) is 4.39 Å². The fourth-order valence-corrected chi connectivity index (χ4v) is 3.96. The van der Waals surface area contributed by atoms with Crippen molar-refractivity contribution in [2.75, 3.05) is 6.61 Å². The van der Waals surface area contributed by atoms with Crippen LogP contribution in [0.15, 0.2) is 66.7 Å². The molecule has 0 unspecified atom stereocenters. The second kappa shape index (κ2) is 10.3. The van der Waals surface area contributed by atoms with Crippen molar-refractivity contribution >= 4 is 29.2 Å². The highest BCUT2D eigenvalue weighted by atomic mass is 35.5. The van der Waals surface area contributed by atoms with Crippen molar-refractivity contribution in [2.45, 2.75) is 20.5 Å². The minimum atomic E-state index is -0.496. The summed E-state index contributed by atoms with van der Waals surface area (Å²) in [7, 11) is 0. The largest absolute Gasteiger partial charge is 0.488 e. The van der Waals surface area contributed by atoms with Crippen LogP contribution in [0.2, 0.25) is 10.0 Å². The van der Waals surface area contributed by atoms with Gasteiger partial charge in [0, 0.05) is 21.8 Å². The topological polar surface area (TPSA) is 53.4 Å². The maximum absolute atomic E-state index is 14.3. The van der Waals surface area contributed by atoms with Crippen LogP contribution in [0.1, 0.15) is 28.7 Å². The third kappa shape index (κ3) is 4.93. The molecular weight excluding hydrogens is 478 g/mol. The molecule has 0 amide bonds. The molecule has 4 rings (SSSR count). The molecule has 5 nitrogen and oxygen atoms in total. The van der Waals surface area contributed by atoms with Gasteiger partial charge in [0.25, 0.3) is 0 Å². The Balaban J connectivity index is 1.75. The summed E-state index contributed by atoms with van der Waals surface area (Å²) >= 11 is 12.5. The summed E-state index contributed by atoms with van der Waals surface area (Å²) in [5.41, 5.74) is 2.77. The predicted molar refractivity (Wildman–Crippen MR) is 130 cm³/mol.